The minimum absolute atomic E-state index is 0.769. The van der Waals surface area contributed by atoms with Gasteiger partial charge in [-0.2, -0.15) is 0 Å². The maximum absolute atomic E-state index is 2.90. The molecule has 3 unspecified atom stereocenters. The third kappa shape index (κ3) is 14.9. The summed E-state index contributed by atoms with van der Waals surface area (Å²) in [4.78, 5) is 2.90. The van der Waals surface area contributed by atoms with Crippen molar-refractivity contribution in [2.24, 2.45) is 11.8 Å². The van der Waals surface area contributed by atoms with Crippen molar-refractivity contribution in [2.75, 3.05) is 13.1 Å². The Balaban J connectivity index is 4.72. The molecule has 0 aliphatic carbocycles. The molecule has 0 aromatic carbocycles. The van der Waals surface area contributed by atoms with E-state index in [1.165, 1.54) is 116 Å². The Labute approximate surface area is 180 Å². The van der Waals surface area contributed by atoms with Crippen molar-refractivity contribution in [1.29, 1.82) is 0 Å². The Morgan fingerprint density at radius 1 is 0.536 bits per heavy atom. The van der Waals surface area contributed by atoms with E-state index in [0.717, 1.165) is 17.9 Å². The van der Waals surface area contributed by atoms with Gasteiger partial charge in [-0.15, -0.1) is 0 Å². The summed E-state index contributed by atoms with van der Waals surface area (Å²) in [6, 6.07) is 0.769. The lowest BCUT2D eigenvalue weighted by Gasteiger charge is -2.34. The van der Waals surface area contributed by atoms with Crippen LogP contribution in [0.25, 0.3) is 0 Å². The molecule has 1 nitrogen and oxygen atoms in total. The second-order valence-corrected chi connectivity index (χ2v) is 9.55. The summed E-state index contributed by atoms with van der Waals surface area (Å²) in [6.07, 6.45) is 22.5. The van der Waals surface area contributed by atoms with Gasteiger partial charge >= 0.3 is 0 Å². The Bertz CT molecular complexity index is 301. The monoisotopic (exact) mass is 395 g/mol. The van der Waals surface area contributed by atoms with Gasteiger partial charge in [-0.3, -0.25) is 0 Å². The summed E-state index contributed by atoms with van der Waals surface area (Å²) in [7, 11) is 0. The zero-order chi connectivity index (χ0) is 21.0. The highest BCUT2D eigenvalue weighted by molar-refractivity contribution is 4.74. The van der Waals surface area contributed by atoms with Crippen LogP contribution in [-0.2, 0) is 0 Å². The minimum Gasteiger partial charge on any atom is -0.300 e. The highest BCUT2D eigenvalue weighted by Gasteiger charge is 2.19. The predicted octanol–water partition coefficient (Wildman–Crippen LogP) is 9.25. The van der Waals surface area contributed by atoms with Crippen molar-refractivity contribution in [2.45, 2.75) is 150 Å². The molecule has 170 valence electrons. The van der Waals surface area contributed by atoms with E-state index in [1.807, 2.05) is 0 Å². The molecule has 0 amide bonds. The van der Waals surface area contributed by atoms with E-state index in [-0.39, 0.29) is 0 Å². The Morgan fingerprint density at radius 2 is 1.14 bits per heavy atom. The maximum atomic E-state index is 2.90. The molecule has 0 saturated carbocycles. The molecule has 3 atom stereocenters. The van der Waals surface area contributed by atoms with Crippen LogP contribution in [0.4, 0.5) is 0 Å². The molecule has 0 aromatic rings. The van der Waals surface area contributed by atoms with E-state index >= 15 is 0 Å². The second-order valence-electron chi connectivity index (χ2n) is 9.55. The first-order valence-electron chi connectivity index (χ1n) is 13.4. The van der Waals surface area contributed by atoms with Crippen LogP contribution in [0.5, 0.6) is 0 Å². The summed E-state index contributed by atoms with van der Waals surface area (Å²) < 4.78 is 0. The quantitative estimate of drug-likeness (QED) is 0.175. The topological polar surface area (TPSA) is 3.24 Å². The third-order valence-electron chi connectivity index (χ3n) is 6.87. The summed E-state index contributed by atoms with van der Waals surface area (Å²) in [5, 5.41) is 0. The fourth-order valence-corrected chi connectivity index (χ4v) is 4.66. The highest BCUT2D eigenvalue weighted by Crippen LogP contribution is 2.23. The Hall–Kier alpha value is -0.0400. The summed E-state index contributed by atoms with van der Waals surface area (Å²) >= 11 is 0. The molecule has 0 bridgehead atoms. The number of unbranched alkanes of at least 4 members (excludes halogenated alkanes) is 6. The Morgan fingerprint density at radius 3 is 1.75 bits per heavy atom. The zero-order valence-corrected chi connectivity index (χ0v) is 20.9. The van der Waals surface area contributed by atoms with Crippen molar-refractivity contribution in [1.82, 2.24) is 4.90 Å². The fourth-order valence-electron chi connectivity index (χ4n) is 4.66. The number of hydrogen-bond acceptors (Lipinski definition) is 1. The first-order chi connectivity index (χ1) is 13.6. The van der Waals surface area contributed by atoms with Gasteiger partial charge < -0.3 is 4.90 Å². The van der Waals surface area contributed by atoms with Gasteiger partial charge in [0, 0.05) is 12.6 Å². The number of hydrogen-bond donors (Lipinski definition) is 0. The van der Waals surface area contributed by atoms with E-state index < -0.39 is 0 Å². The average Bonchev–Trinajstić information content (AvgIpc) is 2.70. The largest absolute Gasteiger partial charge is 0.300 e. The lowest BCUT2D eigenvalue weighted by molar-refractivity contribution is 0.146. The molecule has 0 aliphatic heterocycles. The molecule has 0 saturated heterocycles. The van der Waals surface area contributed by atoms with Gasteiger partial charge in [-0.25, -0.2) is 0 Å². The van der Waals surface area contributed by atoms with Crippen molar-refractivity contribution < 1.29 is 0 Å². The van der Waals surface area contributed by atoms with Crippen LogP contribution in [0.3, 0.4) is 0 Å². The molecule has 0 N–H and O–H groups in total. The summed E-state index contributed by atoms with van der Waals surface area (Å²) in [5.74, 6) is 1.87. The van der Waals surface area contributed by atoms with Crippen molar-refractivity contribution in [3.05, 3.63) is 0 Å². The van der Waals surface area contributed by atoms with Crippen LogP contribution in [0.1, 0.15) is 144 Å². The van der Waals surface area contributed by atoms with Gasteiger partial charge in [-0.05, 0) is 44.6 Å². The zero-order valence-electron chi connectivity index (χ0n) is 20.9. The molecule has 0 aromatic heterocycles. The molecule has 0 fully saturated rings. The molecular formula is C27H57N. The van der Waals surface area contributed by atoms with Crippen LogP contribution in [0.15, 0.2) is 0 Å². The SMILES string of the molecule is CCCCCCC(C)N(CCC(CCC)CCCCC)CC(CC)CCCC. The van der Waals surface area contributed by atoms with E-state index in [2.05, 4.69) is 46.4 Å². The highest BCUT2D eigenvalue weighted by atomic mass is 15.1. The molecule has 28 heavy (non-hydrogen) atoms. The minimum atomic E-state index is 0.769. The molecule has 0 heterocycles. The lowest BCUT2D eigenvalue weighted by Crippen LogP contribution is -2.38. The number of nitrogens with zero attached hydrogens (tertiary/aromatic N) is 1. The van der Waals surface area contributed by atoms with Gasteiger partial charge in [0.25, 0.3) is 0 Å². The van der Waals surface area contributed by atoms with E-state index in [9.17, 15) is 0 Å². The second kappa shape index (κ2) is 20.2. The van der Waals surface area contributed by atoms with Crippen LogP contribution in [-0.4, -0.2) is 24.0 Å². The van der Waals surface area contributed by atoms with Gasteiger partial charge in [-0.1, -0.05) is 118 Å². The van der Waals surface area contributed by atoms with Crippen LogP contribution >= 0.6 is 0 Å². The molecule has 0 spiro atoms. The summed E-state index contributed by atoms with van der Waals surface area (Å²) in [5.41, 5.74) is 0. The lowest BCUT2D eigenvalue weighted by atomic mass is 9.92. The van der Waals surface area contributed by atoms with E-state index in [0.29, 0.717) is 0 Å². The van der Waals surface area contributed by atoms with Gasteiger partial charge in [0.2, 0.25) is 0 Å². The third-order valence-corrected chi connectivity index (χ3v) is 6.87. The van der Waals surface area contributed by atoms with Crippen molar-refractivity contribution >= 4 is 0 Å². The van der Waals surface area contributed by atoms with Gasteiger partial charge in [0.15, 0.2) is 0 Å². The predicted molar refractivity (Wildman–Crippen MR) is 130 cm³/mol. The van der Waals surface area contributed by atoms with Crippen molar-refractivity contribution in [3.63, 3.8) is 0 Å². The maximum Gasteiger partial charge on any atom is 0.00670 e. The van der Waals surface area contributed by atoms with Gasteiger partial charge in [0.05, 0.1) is 0 Å². The average molecular weight is 396 g/mol. The van der Waals surface area contributed by atoms with Crippen LogP contribution < -0.4 is 0 Å². The smallest absolute Gasteiger partial charge is 0.00670 e. The van der Waals surface area contributed by atoms with Crippen molar-refractivity contribution in [3.8, 4) is 0 Å². The molecule has 0 rings (SSSR count). The van der Waals surface area contributed by atoms with Gasteiger partial charge in [0.1, 0.15) is 0 Å². The van der Waals surface area contributed by atoms with E-state index in [1.54, 1.807) is 0 Å². The first-order valence-corrected chi connectivity index (χ1v) is 13.4. The Kier molecular flexibility index (Phi) is 20.2. The molecule has 0 aliphatic rings. The van der Waals surface area contributed by atoms with E-state index in [4.69, 9.17) is 0 Å². The first kappa shape index (κ1) is 28.0. The number of rotatable bonds is 21. The standard InChI is InChI=1S/C27H57N/c1-7-12-15-17-19-25(6)28(24-26(11-5)20-14-9-3)23-22-27(18-10-4)21-16-13-8-2/h25-27H,7-24H2,1-6H3. The van der Waals surface area contributed by atoms with Crippen LogP contribution in [0, 0.1) is 11.8 Å². The normalized spacial score (nSPS) is 15.1. The molecule has 0 radical (unpaired) electrons. The fraction of sp³-hybridized carbons (Fsp3) is 1.00. The molecular weight excluding hydrogens is 338 g/mol. The summed E-state index contributed by atoms with van der Waals surface area (Å²) in [6.45, 7) is 17.0. The molecule has 1 heteroatoms. The van der Waals surface area contributed by atoms with Crippen LogP contribution in [0.2, 0.25) is 0 Å².